The van der Waals surface area contributed by atoms with Crippen LogP contribution >= 0.6 is 12.2 Å². The molecule has 0 bridgehead atoms. The van der Waals surface area contributed by atoms with Crippen LogP contribution in [-0.2, 0) is 6.61 Å². The molecule has 31 heavy (non-hydrogen) atoms. The van der Waals surface area contributed by atoms with Crippen LogP contribution in [0, 0.1) is 6.92 Å². The molecule has 0 aliphatic heterocycles. The van der Waals surface area contributed by atoms with E-state index in [1.807, 2.05) is 55.5 Å². The highest BCUT2D eigenvalue weighted by Crippen LogP contribution is 2.16. The zero-order valence-electron chi connectivity index (χ0n) is 16.8. The topological polar surface area (TPSA) is 91.1 Å². The number of hydrazine groups is 1. The third kappa shape index (κ3) is 5.37. The highest BCUT2D eigenvalue weighted by Gasteiger charge is 2.08. The van der Waals surface area contributed by atoms with Crippen molar-refractivity contribution in [1.82, 2.24) is 20.8 Å². The Balaban J connectivity index is 1.27. The van der Waals surface area contributed by atoms with E-state index in [-0.39, 0.29) is 5.91 Å². The summed E-state index contributed by atoms with van der Waals surface area (Å²) >= 11 is 5.17. The number of carbonyl (C=O) groups is 1. The van der Waals surface area contributed by atoms with Gasteiger partial charge in [0.25, 0.3) is 5.91 Å². The SMILES string of the molecule is Cc1ccc2nc(COc3ccc(C(=O)NNC(=S)Nc4ccccc4)cc3)[nH]c2c1. The number of benzene rings is 3. The van der Waals surface area contributed by atoms with Gasteiger partial charge in [0.15, 0.2) is 5.11 Å². The number of imidazole rings is 1. The summed E-state index contributed by atoms with van der Waals surface area (Å²) in [7, 11) is 0. The van der Waals surface area contributed by atoms with Crippen LogP contribution in [0.3, 0.4) is 0 Å². The summed E-state index contributed by atoms with van der Waals surface area (Å²) in [5.41, 5.74) is 9.61. The van der Waals surface area contributed by atoms with Crippen molar-refractivity contribution in [2.45, 2.75) is 13.5 Å². The maximum Gasteiger partial charge on any atom is 0.269 e. The molecular formula is C23H21N5O2S. The Labute approximate surface area is 184 Å². The minimum Gasteiger partial charge on any atom is -0.486 e. The van der Waals surface area contributed by atoms with Crippen LogP contribution < -0.4 is 20.9 Å². The summed E-state index contributed by atoms with van der Waals surface area (Å²) < 4.78 is 5.78. The Kier molecular flexibility index (Phi) is 6.09. The fraction of sp³-hybridized carbons (Fsp3) is 0.0870. The number of carbonyl (C=O) groups excluding carboxylic acids is 1. The molecule has 0 radical (unpaired) electrons. The molecule has 0 fully saturated rings. The molecule has 0 saturated heterocycles. The molecule has 0 saturated carbocycles. The third-order valence-electron chi connectivity index (χ3n) is 4.50. The number of amides is 1. The Bertz CT molecular complexity index is 1210. The van der Waals surface area contributed by atoms with Gasteiger partial charge in [0.1, 0.15) is 18.2 Å². The Morgan fingerprint density at radius 2 is 1.81 bits per heavy atom. The van der Waals surface area contributed by atoms with Crippen molar-refractivity contribution in [2.75, 3.05) is 5.32 Å². The fourth-order valence-corrected chi connectivity index (χ4v) is 3.14. The van der Waals surface area contributed by atoms with Gasteiger partial charge in [0, 0.05) is 11.3 Å². The average molecular weight is 432 g/mol. The lowest BCUT2D eigenvalue weighted by Crippen LogP contribution is -2.43. The molecular weight excluding hydrogens is 410 g/mol. The molecule has 156 valence electrons. The standard InChI is InChI=1S/C23H21N5O2S/c1-15-7-12-19-20(13-15)26-21(25-19)14-30-18-10-8-16(9-11-18)22(29)27-28-23(31)24-17-5-3-2-4-6-17/h2-13H,14H2,1H3,(H,25,26)(H,27,29)(H2,24,28,31). The van der Waals surface area contributed by atoms with Gasteiger partial charge in [0.2, 0.25) is 0 Å². The number of para-hydroxylation sites is 1. The summed E-state index contributed by atoms with van der Waals surface area (Å²) in [6.45, 7) is 2.34. The molecule has 1 heterocycles. The summed E-state index contributed by atoms with van der Waals surface area (Å²) in [6, 6.07) is 22.3. The highest BCUT2D eigenvalue weighted by atomic mass is 32.1. The van der Waals surface area contributed by atoms with Gasteiger partial charge in [-0.05, 0) is 73.2 Å². The lowest BCUT2D eigenvalue weighted by molar-refractivity contribution is 0.0944. The maximum absolute atomic E-state index is 12.3. The van der Waals surface area contributed by atoms with Crippen molar-refractivity contribution in [3.63, 3.8) is 0 Å². The predicted molar refractivity (Wildman–Crippen MR) is 125 cm³/mol. The number of nitrogens with zero attached hydrogens (tertiary/aromatic N) is 1. The van der Waals surface area contributed by atoms with E-state index in [1.54, 1.807) is 24.3 Å². The lowest BCUT2D eigenvalue weighted by Gasteiger charge is -2.12. The van der Waals surface area contributed by atoms with Crippen LogP contribution in [0.4, 0.5) is 5.69 Å². The monoisotopic (exact) mass is 431 g/mol. The highest BCUT2D eigenvalue weighted by molar-refractivity contribution is 7.80. The van der Waals surface area contributed by atoms with Crippen molar-refractivity contribution >= 4 is 40.0 Å². The van der Waals surface area contributed by atoms with Crippen molar-refractivity contribution in [3.05, 3.63) is 89.7 Å². The van der Waals surface area contributed by atoms with E-state index in [1.165, 1.54) is 5.56 Å². The van der Waals surface area contributed by atoms with Gasteiger partial charge in [-0.1, -0.05) is 24.3 Å². The molecule has 1 aromatic heterocycles. The van der Waals surface area contributed by atoms with Gasteiger partial charge in [-0.2, -0.15) is 0 Å². The molecule has 1 amide bonds. The minimum absolute atomic E-state index is 0.292. The number of rotatable bonds is 5. The molecule has 0 unspecified atom stereocenters. The molecule has 7 nitrogen and oxygen atoms in total. The number of aromatic nitrogens is 2. The molecule has 4 N–H and O–H groups in total. The minimum atomic E-state index is -0.309. The first-order valence-electron chi connectivity index (χ1n) is 9.67. The predicted octanol–water partition coefficient (Wildman–Crippen LogP) is 4.08. The Morgan fingerprint density at radius 3 is 2.58 bits per heavy atom. The number of fused-ring (bicyclic) bond motifs is 1. The van der Waals surface area contributed by atoms with E-state index in [2.05, 4.69) is 26.1 Å². The first-order valence-corrected chi connectivity index (χ1v) is 10.1. The van der Waals surface area contributed by atoms with Crippen molar-refractivity contribution < 1.29 is 9.53 Å². The smallest absolute Gasteiger partial charge is 0.269 e. The molecule has 0 aliphatic carbocycles. The van der Waals surface area contributed by atoms with Crippen LogP contribution in [0.2, 0.25) is 0 Å². The van der Waals surface area contributed by atoms with Crippen molar-refractivity contribution in [1.29, 1.82) is 0 Å². The van der Waals surface area contributed by atoms with Gasteiger partial charge in [-0.3, -0.25) is 15.6 Å². The van der Waals surface area contributed by atoms with Crippen molar-refractivity contribution in [2.24, 2.45) is 0 Å². The van der Waals surface area contributed by atoms with Crippen LogP contribution in [0.25, 0.3) is 11.0 Å². The quantitative estimate of drug-likeness (QED) is 0.281. The second kappa shape index (κ2) is 9.27. The van der Waals surface area contributed by atoms with Gasteiger partial charge in [0.05, 0.1) is 11.0 Å². The Morgan fingerprint density at radius 1 is 1.03 bits per heavy atom. The van der Waals surface area contributed by atoms with Crippen molar-refractivity contribution in [3.8, 4) is 5.75 Å². The van der Waals surface area contributed by atoms with E-state index >= 15 is 0 Å². The molecule has 0 atom stereocenters. The van der Waals surface area contributed by atoms with Gasteiger partial charge in [-0.25, -0.2) is 4.98 Å². The first kappa shape index (κ1) is 20.4. The molecule has 0 aliphatic rings. The third-order valence-corrected chi connectivity index (χ3v) is 4.70. The van der Waals surface area contributed by atoms with Crippen LogP contribution in [0.15, 0.2) is 72.8 Å². The van der Waals surface area contributed by atoms with E-state index in [0.29, 0.717) is 23.0 Å². The number of aryl methyl sites for hydroxylation is 1. The van der Waals surface area contributed by atoms with Gasteiger partial charge in [-0.15, -0.1) is 0 Å². The number of anilines is 1. The number of hydrogen-bond acceptors (Lipinski definition) is 4. The van der Waals surface area contributed by atoms with E-state index in [9.17, 15) is 4.79 Å². The second-order valence-corrected chi connectivity index (χ2v) is 7.32. The lowest BCUT2D eigenvalue weighted by atomic mass is 10.2. The van der Waals surface area contributed by atoms with Gasteiger partial charge >= 0.3 is 0 Å². The number of H-pyrrole nitrogens is 1. The fourth-order valence-electron chi connectivity index (χ4n) is 2.97. The van der Waals surface area contributed by atoms with E-state index in [4.69, 9.17) is 17.0 Å². The summed E-state index contributed by atoms with van der Waals surface area (Å²) in [4.78, 5) is 20.1. The average Bonchev–Trinajstić information content (AvgIpc) is 3.19. The molecule has 8 heteroatoms. The van der Waals surface area contributed by atoms with Crippen LogP contribution in [0.1, 0.15) is 21.7 Å². The van der Waals surface area contributed by atoms with Crippen LogP contribution in [-0.4, -0.2) is 21.0 Å². The number of aromatic amines is 1. The number of ether oxygens (including phenoxy) is 1. The molecule has 0 spiro atoms. The molecule has 3 aromatic carbocycles. The van der Waals surface area contributed by atoms with Crippen LogP contribution in [0.5, 0.6) is 5.75 Å². The zero-order chi connectivity index (χ0) is 21.6. The normalized spacial score (nSPS) is 10.5. The second-order valence-electron chi connectivity index (χ2n) is 6.92. The first-order chi connectivity index (χ1) is 15.1. The number of nitrogens with one attached hydrogen (secondary N) is 4. The van der Waals surface area contributed by atoms with E-state index < -0.39 is 0 Å². The summed E-state index contributed by atoms with van der Waals surface area (Å²) in [6.07, 6.45) is 0. The summed E-state index contributed by atoms with van der Waals surface area (Å²) in [5.74, 6) is 1.07. The number of hydrogen-bond donors (Lipinski definition) is 4. The maximum atomic E-state index is 12.3. The van der Waals surface area contributed by atoms with E-state index in [0.717, 1.165) is 22.5 Å². The Hall–Kier alpha value is -3.91. The van der Waals surface area contributed by atoms with Gasteiger partial charge < -0.3 is 15.0 Å². The summed E-state index contributed by atoms with van der Waals surface area (Å²) in [5, 5.41) is 3.27. The zero-order valence-corrected chi connectivity index (χ0v) is 17.6. The largest absolute Gasteiger partial charge is 0.486 e. The molecule has 4 aromatic rings. The number of thiocarbonyl (C=S) groups is 1. The molecule has 4 rings (SSSR count).